The molecule has 30 heavy (non-hydrogen) atoms. The van der Waals surface area contributed by atoms with E-state index in [-0.39, 0.29) is 17.2 Å². The zero-order chi connectivity index (χ0) is 21.0. The topological polar surface area (TPSA) is 92.4 Å². The molecule has 0 aliphatic carbocycles. The maximum Gasteiger partial charge on any atom is 0.231 e. The number of aromatic nitrogens is 2. The third kappa shape index (κ3) is 4.67. The monoisotopic (exact) mass is 407 g/mol. The fourth-order valence-electron chi connectivity index (χ4n) is 5.07. The summed E-state index contributed by atoms with van der Waals surface area (Å²) < 4.78 is 0. The summed E-state index contributed by atoms with van der Waals surface area (Å²) in [7, 11) is 0. The molecule has 7 nitrogen and oxygen atoms in total. The zero-order valence-corrected chi connectivity index (χ0v) is 17.2. The van der Waals surface area contributed by atoms with Crippen molar-refractivity contribution in [2.45, 2.75) is 25.7 Å². The first-order valence-corrected chi connectivity index (χ1v) is 10.6. The molecule has 0 saturated carbocycles. The van der Waals surface area contributed by atoms with Crippen LogP contribution in [0, 0.1) is 11.3 Å². The molecular weight excluding hydrogens is 378 g/mol. The van der Waals surface area contributed by atoms with Crippen LogP contribution in [0.15, 0.2) is 48.9 Å². The summed E-state index contributed by atoms with van der Waals surface area (Å²) >= 11 is 0. The summed E-state index contributed by atoms with van der Waals surface area (Å²) in [5, 5.41) is 0. The lowest BCUT2D eigenvalue weighted by Crippen LogP contribution is -2.39. The Morgan fingerprint density at radius 2 is 1.93 bits per heavy atom. The number of carbonyl (C=O) groups is 2. The molecule has 2 aromatic rings. The average molecular weight is 408 g/mol. The third-order valence-electron chi connectivity index (χ3n) is 6.53. The van der Waals surface area contributed by atoms with Crippen LogP contribution in [0.2, 0.25) is 0 Å². The molecule has 4 rings (SSSR count). The molecule has 0 spiro atoms. The van der Waals surface area contributed by atoms with Crippen LogP contribution in [-0.4, -0.2) is 64.3 Å². The molecule has 2 saturated heterocycles. The van der Waals surface area contributed by atoms with E-state index >= 15 is 0 Å². The van der Waals surface area contributed by atoms with Crippen molar-refractivity contribution < 1.29 is 9.59 Å². The summed E-state index contributed by atoms with van der Waals surface area (Å²) in [6, 6.07) is 10.5. The van der Waals surface area contributed by atoms with Gasteiger partial charge in [0, 0.05) is 56.6 Å². The second-order valence-corrected chi connectivity index (χ2v) is 8.65. The minimum absolute atomic E-state index is 0.0213. The van der Waals surface area contributed by atoms with Gasteiger partial charge in [-0.25, -0.2) is 0 Å². The first-order chi connectivity index (χ1) is 14.5. The van der Waals surface area contributed by atoms with E-state index in [4.69, 9.17) is 5.73 Å². The normalized spacial score (nSPS) is 23.5. The molecule has 1 aromatic carbocycles. The first-order valence-electron chi connectivity index (χ1n) is 10.6. The highest BCUT2D eigenvalue weighted by atomic mass is 16.2. The Morgan fingerprint density at radius 3 is 2.67 bits per heavy atom. The van der Waals surface area contributed by atoms with Crippen LogP contribution >= 0.6 is 0 Å². The van der Waals surface area contributed by atoms with Crippen LogP contribution < -0.4 is 5.73 Å². The van der Waals surface area contributed by atoms with Crippen molar-refractivity contribution in [2.75, 3.05) is 32.7 Å². The van der Waals surface area contributed by atoms with E-state index < -0.39 is 0 Å². The number of amides is 2. The second kappa shape index (κ2) is 8.92. The van der Waals surface area contributed by atoms with Crippen molar-refractivity contribution in [3.8, 4) is 0 Å². The largest absolute Gasteiger partial charge is 0.369 e. The lowest BCUT2D eigenvalue weighted by Gasteiger charge is -2.29. The molecule has 0 bridgehead atoms. The number of likely N-dealkylation sites (tertiary alicyclic amines) is 2. The van der Waals surface area contributed by atoms with Crippen molar-refractivity contribution in [1.29, 1.82) is 0 Å². The van der Waals surface area contributed by atoms with Crippen molar-refractivity contribution in [3.05, 3.63) is 60.2 Å². The van der Waals surface area contributed by atoms with Crippen molar-refractivity contribution >= 4 is 11.8 Å². The van der Waals surface area contributed by atoms with E-state index in [0.29, 0.717) is 25.3 Å². The number of nitrogens with two attached hydrogens (primary N) is 1. The Morgan fingerprint density at radius 1 is 1.10 bits per heavy atom. The van der Waals surface area contributed by atoms with E-state index in [9.17, 15) is 9.59 Å². The number of nitrogens with zero attached hydrogens (tertiary/aromatic N) is 4. The predicted molar refractivity (Wildman–Crippen MR) is 113 cm³/mol. The SMILES string of the molecule is NC(=O)CN1C[C@H]2CN(C(=O)CCc3cnccn3)C[C@@]2(CCc2ccccc2)C1. The minimum Gasteiger partial charge on any atom is -0.369 e. The number of benzene rings is 1. The summed E-state index contributed by atoms with van der Waals surface area (Å²) in [5.74, 6) is 0.265. The summed E-state index contributed by atoms with van der Waals surface area (Å²) in [6.45, 7) is 3.44. The Balaban J connectivity index is 1.42. The van der Waals surface area contributed by atoms with Crippen molar-refractivity contribution in [2.24, 2.45) is 17.1 Å². The van der Waals surface area contributed by atoms with E-state index in [1.54, 1.807) is 18.6 Å². The molecule has 2 aliphatic heterocycles. The van der Waals surface area contributed by atoms with Gasteiger partial charge in [0.05, 0.1) is 12.2 Å². The minimum atomic E-state index is -0.287. The van der Waals surface area contributed by atoms with Crippen LogP contribution in [0.3, 0.4) is 0 Å². The summed E-state index contributed by atoms with van der Waals surface area (Å²) in [5.41, 5.74) is 7.62. The van der Waals surface area contributed by atoms with Crippen LogP contribution in [0.25, 0.3) is 0 Å². The smallest absolute Gasteiger partial charge is 0.231 e. The third-order valence-corrected chi connectivity index (χ3v) is 6.53. The Kier molecular flexibility index (Phi) is 6.08. The molecule has 1 aromatic heterocycles. The zero-order valence-electron chi connectivity index (χ0n) is 17.2. The van der Waals surface area contributed by atoms with Gasteiger partial charge in [0.1, 0.15) is 0 Å². The highest BCUT2D eigenvalue weighted by Gasteiger charge is 2.52. The first kappa shape index (κ1) is 20.5. The molecule has 2 atom stereocenters. The lowest BCUT2D eigenvalue weighted by molar-refractivity contribution is -0.131. The van der Waals surface area contributed by atoms with E-state index in [1.807, 2.05) is 11.0 Å². The summed E-state index contributed by atoms with van der Waals surface area (Å²) in [4.78, 5) is 36.9. The molecule has 0 radical (unpaired) electrons. The molecule has 158 valence electrons. The van der Waals surface area contributed by atoms with E-state index in [2.05, 4.69) is 39.1 Å². The number of primary amides is 1. The average Bonchev–Trinajstić information content (AvgIpc) is 3.25. The van der Waals surface area contributed by atoms with Gasteiger partial charge < -0.3 is 10.6 Å². The maximum atomic E-state index is 12.9. The molecule has 3 heterocycles. The number of carbonyl (C=O) groups excluding carboxylic acids is 2. The predicted octanol–water partition coefficient (Wildman–Crippen LogP) is 1.29. The van der Waals surface area contributed by atoms with Gasteiger partial charge in [0.15, 0.2) is 0 Å². The van der Waals surface area contributed by atoms with Crippen molar-refractivity contribution in [1.82, 2.24) is 19.8 Å². The highest BCUT2D eigenvalue weighted by Crippen LogP contribution is 2.45. The maximum absolute atomic E-state index is 12.9. The lowest BCUT2D eigenvalue weighted by atomic mass is 9.76. The van der Waals surface area contributed by atoms with E-state index in [1.165, 1.54) is 5.56 Å². The number of aryl methyl sites for hydroxylation is 2. The quantitative estimate of drug-likeness (QED) is 0.712. The molecule has 7 heteroatoms. The summed E-state index contributed by atoms with van der Waals surface area (Å²) in [6.07, 6.45) is 8.06. The van der Waals surface area contributed by atoms with Gasteiger partial charge >= 0.3 is 0 Å². The van der Waals surface area contributed by atoms with Crippen LogP contribution in [0.4, 0.5) is 0 Å². The second-order valence-electron chi connectivity index (χ2n) is 8.65. The highest BCUT2D eigenvalue weighted by molar-refractivity contribution is 5.77. The number of hydrogen-bond acceptors (Lipinski definition) is 5. The fraction of sp³-hybridized carbons (Fsp3) is 0.478. The van der Waals surface area contributed by atoms with Gasteiger partial charge in [-0.15, -0.1) is 0 Å². The number of rotatable bonds is 8. The van der Waals surface area contributed by atoms with Crippen LogP contribution in [-0.2, 0) is 22.4 Å². The van der Waals surface area contributed by atoms with Gasteiger partial charge in [-0.3, -0.25) is 24.5 Å². The van der Waals surface area contributed by atoms with Crippen LogP contribution in [0.5, 0.6) is 0 Å². The molecule has 2 fully saturated rings. The number of fused-ring (bicyclic) bond motifs is 1. The molecule has 2 N–H and O–H groups in total. The van der Waals surface area contributed by atoms with Gasteiger partial charge in [0.2, 0.25) is 11.8 Å². The van der Waals surface area contributed by atoms with Gasteiger partial charge in [-0.2, -0.15) is 0 Å². The Bertz CT molecular complexity index is 876. The molecule has 2 amide bonds. The van der Waals surface area contributed by atoms with Gasteiger partial charge in [-0.1, -0.05) is 30.3 Å². The van der Waals surface area contributed by atoms with Crippen LogP contribution in [0.1, 0.15) is 24.1 Å². The van der Waals surface area contributed by atoms with E-state index in [0.717, 1.165) is 44.7 Å². The Hall–Kier alpha value is -2.80. The standard InChI is InChI=1S/C23H29N5O2/c24-21(29)15-27-13-19-14-28(22(30)7-6-20-12-25-10-11-26-20)17-23(19,16-27)9-8-18-4-2-1-3-5-18/h1-5,10-12,19H,6-9,13-17H2,(H2,24,29)/t19-,23+/m0/s1. The van der Waals surface area contributed by atoms with Crippen molar-refractivity contribution in [3.63, 3.8) is 0 Å². The fourth-order valence-corrected chi connectivity index (χ4v) is 5.07. The molecule has 0 unspecified atom stereocenters. The Labute approximate surface area is 177 Å². The number of hydrogen-bond donors (Lipinski definition) is 1. The van der Waals surface area contributed by atoms with Gasteiger partial charge in [0.25, 0.3) is 0 Å². The van der Waals surface area contributed by atoms with Gasteiger partial charge in [-0.05, 0) is 30.7 Å². The molecular formula is C23H29N5O2. The molecule has 2 aliphatic rings.